The Kier molecular flexibility index (Phi) is 3.93. The molecule has 0 aromatic carbocycles. The first kappa shape index (κ1) is 14.0. The van der Waals surface area contributed by atoms with Crippen molar-refractivity contribution in [2.24, 2.45) is 0 Å². The molecule has 0 spiro atoms. The summed E-state index contributed by atoms with van der Waals surface area (Å²) in [5.74, 6) is 0. The SMILES string of the molecule is CC(C)(C)c1ccc(C=O)c(=O)n1C1CCCCC1. The zero-order chi connectivity index (χ0) is 14.0. The van der Waals surface area contributed by atoms with Crippen LogP contribution < -0.4 is 5.56 Å². The largest absolute Gasteiger partial charge is 0.308 e. The van der Waals surface area contributed by atoms with Crippen molar-refractivity contribution in [2.45, 2.75) is 64.3 Å². The summed E-state index contributed by atoms with van der Waals surface area (Å²) in [6.45, 7) is 6.34. The number of hydrogen-bond acceptors (Lipinski definition) is 2. The van der Waals surface area contributed by atoms with E-state index in [9.17, 15) is 9.59 Å². The molecule has 1 aliphatic carbocycles. The summed E-state index contributed by atoms with van der Waals surface area (Å²) in [5, 5.41) is 0. The lowest BCUT2D eigenvalue weighted by Crippen LogP contribution is -2.35. The molecule has 1 saturated carbocycles. The summed E-state index contributed by atoms with van der Waals surface area (Å²) in [6, 6.07) is 3.87. The van der Waals surface area contributed by atoms with E-state index in [0.29, 0.717) is 6.29 Å². The topological polar surface area (TPSA) is 39.1 Å². The second-order valence-corrected chi connectivity index (χ2v) is 6.51. The Labute approximate surface area is 114 Å². The minimum atomic E-state index is -0.116. The van der Waals surface area contributed by atoms with Gasteiger partial charge in [0.25, 0.3) is 5.56 Å². The van der Waals surface area contributed by atoms with E-state index in [1.165, 1.54) is 19.3 Å². The van der Waals surface area contributed by atoms with Crippen molar-refractivity contribution in [1.29, 1.82) is 0 Å². The maximum absolute atomic E-state index is 12.5. The second kappa shape index (κ2) is 5.32. The molecule has 2 rings (SSSR count). The van der Waals surface area contributed by atoms with Gasteiger partial charge in [-0.25, -0.2) is 0 Å². The van der Waals surface area contributed by atoms with Crippen LogP contribution >= 0.6 is 0 Å². The van der Waals surface area contributed by atoms with Gasteiger partial charge in [-0.1, -0.05) is 40.0 Å². The first-order valence-electron chi connectivity index (χ1n) is 7.16. The molecule has 0 unspecified atom stereocenters. The quantitative estimate of drug-likeness (QED) is 0.765. The van der Waals surface area contributed by atoms with E-state index < -0.39 is 0 Å². The van der Waals surface area contributed by atoms with Crippen molar-refractivity contribution in [1.82, 2.24) is 4.57 Å². The average Bonchev–Trinajstić information content (AvgIpc) is 2.38. The molecule has 0 N–H and O–H groups in total. The molecule has 0 radical (unpaired) electrons. The molecule has 1 fully saturated rings. The Bertz CT molecular complexity index is 517. The molecule has 3 nitrogen and oxygen atoms in total. The van der Waals surface area contributed by atoms with Crippen LogP contribution in [0.15, 0.2) is 16.9 Å². The van der Waals surface area contributed by atoms with Gasteiger partial charge in [-0.15, -0.1) is 0 Å². The summed E-state index contributed by atoms with van der Waals surface area (Å²) < 4.78 is 1.89. The van der Waals surface area contributed by atoms with Crippen molar-refractivity contribution in [2.75, 3.05) is 0 Å². The first-order chi connectivity index (χ1) is 8.95. The highest BCUT2D eigenvalue weighted by Crippen LogP contribution is 2.31. The molecule has 3 heteroatoms. The lowest BCUT2D eigenvalue weighted by atomic mass is 9.88. The van der Waals surface area contributed by atoms with E-state index in [0.717, 1.165) is 18.5 Å². The number of aromatic nitrogens is 1. The van der Waals surface area contributed by atoms with E-state index in [2.05, 4.69) is 20.8 Å². The monoisotopic (exact) mass is 261 g/mol. The van der Waals surface area contributed by atoms with Crippen LogP contribution in [0.4, 0.5) is 0 Å². The van der Waals surface area contributed by atoms with Crippen molar-refractivity contribution in [3.63, 3.8) is 0 Å². The number of hydrogen-bond donors (Lipinski definition) is 0. The third-order valence-corrected chi connectivity index (χ3v) is 3.98. The molecule has 1 heterocycles. The Morgan fingerprint density at radius 1 is 1.16 bits per heavy atom. The highest BCUT2D eigenvalue weighted by molar-refractivity contribution is 5.74. The van der Waals surface area contributed by atoms with Crippen LogP contribution in [0.5, 0.6) is 0 Å². The molecule has 104 valence electrons. The van der Waals surface area contributed by atoms with Crippen molar-refractivity contribution < 1.29 is 4.79 Å². The number of nitrogens with zero attached hydrogens (tertiary/aromatic N) is 1. The van der Waals surface area contributed by atoms with Gasteiger partial charge in [0.1, 0.15) is 0 Å². The van der Waals surface area contributed by atoms with Gasteiger partial charge >= 0.3 is 0 Å². The summed E-state index contributed by atoms with van der Waals surface area (Å²) in [4.78, 5) is 23.5. The first-order valence-corrected chi connectivity index (χ1v) is 7.16. The predicted octanol–water partition coefficient (Wildman–Crippen LogP) is 3.46. The maximum atomic E-state index is 12.5. The summed E-state index contributed by atoms with van der Waals surface area (Å²) >= 11 is 0. The standard InChI is InChI=1S/C16H23NO2/c1-16(2,3)14-10-9-12(11-18)15(19)17(14)13-7-5-4-6-8-13/h9-11,13H,4-8H2,1-3H3. The molecule has 1 aromatic heterocycles. The molecule has 1 aromatic rings. The summed E-state index contributed by atoms with van der Waals surface area (Å²) in [5.41, 5.74) is 1.11. The second-order valence-electron chi connectivity index (χ2n) is 6.51. The number of carbonyl (C=O) groups excluding carboxylic acids is 1. The Morgan fingerprint density at radius 3 is 2.32 bits per heavy atom. The van der Waals surface area contributed by atoms with Crippen molar-refractivity contribution >= 4 is 6.29 Å². The van der Waals surface area contributed by atoms with Crippen LogP contribution in [0.25, 0.3) is 0 Å². The van der Waals surface area contributed by atoms with E-state index >= 15 is 0 Å². The zero-order valence-electron chi connectivity index (χ0n) is 12.1. The van der Waals surface area contributed by atoms with Crippen LogP contribution in [-0.4, -0.2) is 10.9 Å². The Morgan fingerprint density at radius 2 is 1.79 bits per heavy atom. The third-order valence-electron chi connectivity index (χ3n) is 3.98. The molecular weight excluding hydrogens is 238 g/mol. The minimum absolute atomic E-state index is 0.0853. The van der Waals surface area contributed by atoms with Gasteiger partial charge in [0.05, 0.1) is 5.56 Å². The zero-order valence-corrected chi connectivity index (χ0v) is 12.1. The number of carbonyl (C=O) groups is 1. The predicted molar refractivity (Wildman–Crippen MR) is 76.9 cm³/mol. The van der Waals surface area contributed by atoms with Gasteiger partial charge in [0.15, 0.2) is 6.29 Å². The fourth-order valence-electron chi connectivity index (χ4n) is 2.97. The fraction of sp³-hybridized carbons (Fsp3) is 0.625. The van der Waals surface area contributed by atoms with Crippen molar-refractivity contribution in [3.8, 4) is 0 Å². The summed E-state index contributed by atoms with van der Waals surface area (Å²) in [7, 11) is 0. The van der Waals surface area contributed by atoms with Gasteiger partial charge in [-0.05, 0) is 25.0 Å². The van der Waals surface area contributed by atoms with Gasteiger partial charge in [0.2, 0.25) is 0 Å². The smallest absolute Gasteiger partial charge is 0.261 e. The number of rotatable bonds is 2. The van der Waals surface area contributed by atoms with Crippen LogP contribution in [-0.2, 0) is 5.41 Å². The lowest BCUT2D eigenvalue weighted by Gasteiger charge is -2.31. The Hall–Kier alpha value is -1.38. The van der Waals surface area contributed by atoms with Gasteiger partial charge < -0.3 is 4.57 Å². The normalized spacial score (nSPS) is 17.4. The van der Waals surface area contributed by atoms with Gasteiger partial charge in [0, 0.05) is 17.2 Å². The maximum Gasteiger partial charge on any atom is 0.261 e. The molecule has 1 aliphatic rings. The van der Waals surface area contributed by atoms with Crippen molar-refractivity contribution in [3.05, 3.63) is 33.7 Å². The molecule has 0 saturated heterocycles. The third kappa shape index (κ3) is 2.80. The van der Waals surface area contributed by atoms with Crippen LogP contribution in [0.1, 0.15) is 75.0 Å². The van der Waals surface area contributed by atoms with Gasteiger partial charge in [-0.3, -0.25) is 9.59 Å². The molecule has 0 bridgehead atoms. The highest BCUT2D eigenvalue weighted by Gasteiger charge is 2.25. The fourth-order valence-corrected chi connectivity index (χ4v) is 2.97. The average molecular weight is 261 g/mol. The number of aldehydes is 1. The molecular formula is C16H23NO2. The minimum Gasteiger partial charge on any atom is -0.308 e. The highest BCUT2D eigenvalue weighted by atomic mass is 16.1. The van der Waals surface area contributed by atoms with Crippen LogP contribution in [0.2, 0.25) is 0 Å². The van der Waals surface area contributed by atoms with E-state index in [4.69, 9.17) is 0 Å². The van der Waals surface area contributed by atoms with Gasteiger partial charge in [-0.2, -0.15) is 0 Å². The molecule has 0 atom stereocenters. The van der Waals surface area contributed by atoms with E-state index in [1.807, 2.05) is 10.6 Å². The summed E-state index contributed by atoms with van der Waals surface area (Å²) in [6.07, 6.45) is 6.37. The van der Waals surface area contributed by atoms with E-state index in [1.54, 1.807) is 6.07 Å². The van der Waals surface area contributed by atoms with E-state index in [-0.39, 0.29) is 22.6 Å². The Balaban J connectivity index is 2.59. The molecule has 19 heavy (non-hydrogen) atoms. The van der Waals surface area contributed by atoms with Crippen LogP contribution in [0.3, 0.4) is 0 Å². The molecule has 0 aliphatic heterocycles. The molecule has 0 amide bonds. The van der Waals surface area contributed by atoms with Crippen LogP contribution in [0, 0.1) is 0 Å². The lowest BCUT2D eigenvalue weighted by molar-refractivity contribution is 0.112. The number of pyridine rings is 1.